The third-order valence-corrected chi connectivity index (χ3v) is 4.82. The minimum absolute atomic E-state index is 0.557. The Balaban J connectivity index is 1.52. The molecular formula is C23H16Cl2N2O2. The molecule has 4 nitrogen and oxygen atoms in total. The molecular weight excluding hydrogens is 407 g/mol. The van der Waals surface area contributed by atoms with Crippen LogP contribution < -0.4 is 4.74 Å². The summed E-state index contributed by atoms with van der Waals surface area (Å²) in [4.78, 5) is 9.01. The molecule has 0 unspecified atom stereocenters. The summed E-state index contributed by atoms with van der Waals surface area (Å²) >= 11 is 12.1. The molecule has 0 fully saturated rings. The van der Waals surface area contributed by atoms with Crippen molar-refractivity contribution >= 4 is 52.3 Å². The van der Waals surface area contributed by atoms with Crippen LogP contribution in [0.2, 0.25) is 10.0 Å². The van der Waals surface area contributed by atoms with Gasteiger partial charge in [-0.25, -0.2) is 4.98 Å². The van der Waals surface area contributed by atoms with E-state index in [2.05, 4.69) is 9.98 Å². The molecule has 4 aromatic rings. The molecule has 1 heterocycles. The van der Waals surface area contributed by atoms with Gasteiger partial charge in [0.25, 0.3) is 0 Å². The number of ether oxygens (including phenoxy) is 1. The highest BCUT2D eigenvalue weighted by Gasteiger charge is 2.08. The monoisotopic (exact) mass is 422 g/mol. The molecule has 0 saturated heterocycles. The molecule has 0 bridgehead atoms. The number of rotatable bonds is 5. The maximum Gasteiger partial charge on any atom is 0.227 e. The van der Waals surface area contributed by atoms with Crippen LogP contribution in [-0.4, -0.2) is 18.3 Å². The van der Waals surface area contributed by atoms with Crippen LogP contribution in [0.25, 0.3) is 28.6 Å². The molecule has 0 aliphatic rings. The zero-order chi connectivity index (χ0) is 20.2. The minimum Gasteiger partial charge on any atom is -0.497 e. The zero-order valence-corrected chi connectivity index (χ0v) is 17.0. The van der Waals surface area contributed by atoms with Crippen LogP contribution in [0, 0.1) is 0 Å². The molecule has 0 radical (unpaired) electrons. The van der Waals surface area contributed by atoms with E-state index in [0.717, 1.165) is 28.1 Å². The van der Waals surface area contributed by atoms with E-state index < -0.39 is 0 Å². The number of hydrogen-bond acceptors (Lipinski definition) is 4. The summed E-state index contributed by atoms with van der Waals surface area (Å²) in [6.45, 7) is 0. The minimum atomic E-state index is 0.557. The average molecular weight is 423 g/mol. The number of hydrogen-bond donors (Lipinski definition) is 0. The number of methoxy groups -OCH3 is 1. The van der Waals surface area contributed by atoms with Gasteiger partial charge in [0.05, 0.1) is 12.8 Å². The lowest BCUT2D eigenvalue weighted by Crippen LogP contribution is -1.82. The van der Waals surface area contributed by atoms with E-state index in [4.69, 9.17) is 32.4 Å². The van der Waals surface area contributed by atoms with Crippen LogP contribution in [0.15, 0.2) is 76.1 Å². The van der Waals surface area contributed by atoms with Gasteiger partial charge in [-0.3, -0.25) is 4.99 Å². The fourth-order valence-corrected chi connectivity index (χ4v) is 3.24. The van der Waals surface area contributed by atoms with Crippen molar-refractivity contribution in [2.24, 2.45) is 4.99 Å². The van der Waals surface area contributed by atoms with E-state index in [9.17, 15) is 0 Å². The first-order chi connectivity index (χ1) is 14.1. The molecule has 0 spiro atoms. The first-order valence-electron chi connectivity index (χ1n) is 8.83. The summed E-state index contributed by atoms with van der Waals surface area (Å²) < 4.78 is 11.0. The van der Waals surface area contributed by atoms with Crippen LogP contribution in [-0.2, 0) is 0 Å². The summed E-state index contributed by atoms with van der Waals surface area (Å²) in [6, 6.07) is 18.6. The Morgan fingerprint density at radius 2 is 1.83 bits per heavy atom. The Morgan fingerprint density at radius 3 is 2.59 bits per heavy atom. The summed E-state index contributed by atoms with van der Waals surface area (Å²) in [5, 5.41) is 1.20. The molecule has 0 aliphatic heterocycles. The molecule has 29 heavy (non-hydrogen) atoms. The normalized spacial score (nSPS) is 11.7. The van der Waals surface area contributed by atoms with E-state index in [0.29, 0.717) is 21.5 Å². The van der Waals surface area contributed by atoms with Crippen LogP contribution >= 0.6 is 23.2 Å². The topological polar surface area (TPSA) is 47.6 Å². The quantitative estimate of drug-likeness (QED) is 0.318. The Hall–Kier alpha value is -3.08. The van der Waals surface area contributed by atoms with Gasteiger partial charge in [-0.15, -0.1) is 0 Å². The Kier molecular flexibility index (Phi) is 5.65. The van der Waals surface area contributed by atoms with Crippen molar-refractivity contribution in [3.05, 3.63) is 82.3 Å². The highest BCUT2D eigenvalue weighted by molar-refractivity contribution is 6.35. The highest BCUT2D eigenvalue weighted by Crippen LogP contribution is 2.28. The van der Waals surface area contributed by atoms with Crippen molar-refractivity contribution in [2.45, 2.75) is 0 Å². The lowest BCUT2D eigenvalue weighted by Gasteiger charge is -1.99. The predicted octanol–water partition coefficient (Wildman–Crippen LogP) is 7.23. The maximum absolute atomic E-state index is 6.15. The Bertz CT molecular complexity index is 1210. The molecule has 0 N–H and O–H groups in total. The van der Waals surface area contributed by atoms with Crippen molar-refractivity contribution in [3.63, 3.8) is 0 Å². The smallest absolute Gasteiger partial charge is 0.227 e. The first-order valence-corrected chi connectivity index (χ1v) is 9.59. The fraction of sp³-hybridized carbons (Fsp3) is 0.0435. The number of halogens is 2. The van der Waals surface area contributed by atoms with Crippen molar-refractivity contribution in [1.29, 1.82) is 0 Å². The van der Waals surface area contributed by atoms with Crippen LogP contribution in [0.3, 0.4) is 0 Å². The Morgan fingerprint density at radius 1 is 1.00 bits per heavy atom. The number of aromatic nitrogens is 1. The van der Waals surface area contributed by atoms with Gasteiger partial charge in [0.1, 0.15) is 11.3 Å². The number of aliphatic imine (C=N–C) groups is 1. The van der Waals surface area contributed by atoms with Gasteiger partial charge >= 0.3 is 0 Å². The lowest BCUT2D eigenvalue weighted by molar-refractivity contribution is 0.415. The molecule has 4 rings (SSSR count). The highest BCUT2D eigenvalue weighted by atomic mass is 35.5. The van der Waals surface area contributed by atoms with Gasteiger partial charge in [-0.05, 0) is 66.2 Å². The number of oxazole rings is 1. The van der Waals surface area contributed by atoms with E-state index in [-0.39, 0.29) is 0 Å². The average Bonchev–Trinajstić information content (AvgIpc) is 3.16. The molecule has 0 aliphatic carbocycles. The van der Waals surface area contributed by atoms with Gasteiger partial charge in [-0.1, -0.05) is 35.3 Å². The fourth-order valence-electron chi connectivity index (χ4n) is 2.77. The number of benzene rings is 3. The Labute approximate surface area is 178 Å². The standard InChI is InChI=1S/C23H16Cl2N2O2/c1-28-19-9-5-16(6-10-19)23-27-21-14-18(8-11-22(21)29-23)26-12-2-3-15-4-7-17(24)13-20(15)25/h2-14H,1H3/b3-2+,26-12?. The van der Waals surface area contributed by atoms with Crippen molar-refractivity contribution in [3.8, 4) is 17.2 Å². The molecule has 144 valence electrons. The number of nitrogens with zero attached hydrogens (tertiary/aromatic N) is 2. The lowest BCUT2D eigenvalue weighted by atomic mass is 10.2. The summed E-state index contributed by atoms with van der Waals surface area (Å²) in [5.74, 6) is 1.34. The van der Waals surface area contributed by atoms with Crippen LogP contribution in [0.5, 0.6) is 5.75 Å². The SMILES string of the molecule is COc1ccc(-c2nc3cc(N=C/C=C/c4ccc(Cl)cc4Cl)ccc3o2)cc1. The summed E-state index contributed by atoms with van der Waals surface area (Å²) in [5.41, 5.74) is 3.99. The molecule has 0 atom stereocenters. The molecule has 0 saturated carbocycles. The number of fused-ring (bicyclic) bond motifs is 1. The first kappa shape index (κ1) is 19.2. The second-order valence-electron chi connectivity index (χ2n) is 6.20. The van der Waals surface area contributed by atoms with Crippen molar-refractivity contribution in [2.75, 3.05) is 7.11 Å². The van der Waals surface area contributed by atoms with Crippen molar-refractivity contribution < 1.29 is 9.15 Å². The van der Waals surface area contributed by atoms with Crippen LogP contribution in [0.4, 0.5) is 5.69 Å². The van der Waals surface area contributed by atoms with Gasteiger partial charge < -0.3 is 9.15 Å². The third-order valence-electron chi connectivity index (χ3n) is 4.26. The summed E-state index contributed by atoms with van der Waals surface area (Å²) in [6.07, 6.45) is 5.40. The predicted molar refractivity (Wildman–Crippen MR) is 120 cm³/mol. The summed E-state index contributed by atoms with van der Waals surface area (Å²) in [7, 11) is 1.63. The maximum atomic E-state index is 6.15. The second-order valence-corrected chi connectivity index (χ2v) is 7.05. The van der Waals surface area contributed by atoms with E-state index >= 15 is 0 Å². The van der Waals surface area contributed by atoms with E-state index in [1.165, 1.54) is 0 Å². The van der Waals surface area contributed by atoms with E-state index in [1.54, 1.807) is 25.5 Å². The second kappa shape index (κ2) is 8.52. The zero-order valence-electron chi connectivity index (χ0n) is 15.5. The van der Waals surface area contributed by atoms with Gasteiger partial charge in [0.15, 0.2) is 5.58 Å². The van der Waals surface area contributed by atoms with Crippen molar-refractivity contribution in [1.82, 2.24) is 4.98 Å². The van der Waals surface area contributed by atoms with Gasteiger partial charge in [0, 0.05) is 21.8 Å². The van der Waals surface area contributed by atoms with Gasteiger partial charge in [0.2, 0.25) is 5.89 Å². The molecule has 6 heteroatoms. The number of allylic oxidation sites excluding steroid dienone is 1. The van der Waals surface area contributed by atoms with E-state index in [1.807, 2.05) is 60.7 Å². The van der Waals surface area contributed by atoms with Crippen LogP contribution in [0.1, 0.15) is 5.56 Å². The molecule has 1 aromatic heterocycles. The molecule has 3 aromatic carbocycles. The molecule has 0 amide bonds. The third kappa shape index (κ3) is 4.50. The largest absolute Gasteiger partial charge is 0.497 e. The van der Waals surface area contributed by atoms with Gasteiger partial charge in [-0.2, -0.15) is 0 Å².